The number of phosphoric acid groups is 1. The Morgan fingerprint density at radius 2 is 2.07 bits per heavy atom. The van der Waals surface area contributed by atoms with Crippen molar-refractivity contribution in [2.45, 2.75) is 0 Å². The average molecular weight is 253 g/mol. The summed E-state index contributed by atoms with van der Waals surface area (Å²) in [6.07, 6.45) is 0. The molecule has 1 aromatic rings. The monoisotopic (exact) mass is 252 g/mol. The molecule has 2 N–H and O–H groups in total. The molecule has 0 aliphatic rings. The number of carbonyl (C=O) groups excluding carboxylic acids is 1. The zero-order valence-electron chi connectivity index (χ0n) is 7.16. The molecule has 0 amide bonds. The molecule has 1 aromatic carbocycles. The van der Waals surface area contributed by atoms with E-state index in [2.05, 4.69) is 9.56 Å². The predicted octanol–water partition coefficient (Wildman–Crippen LogP) is 1.52. The molecule has 82 valence electrons. The Kier molecular flexibility index (Phi) is 3.84. The molecular formula is C7H6ClO6P. The van der Waals surface area contributed by atoms with Crippen molar-refractivity contribution in [1.82, 2.24) is 0 Å². The van der Waals surface area contributed by atoms with Gasteiger partial charge in [-0.25, -0.2) is 9.36 Å². The maximum Gasteiger partial charge on any atom is 0.505 e. The van der Waals surface area contributed by atoms with Gasteiger partial charge in [0.2, 0.25) is 0 Å². The van der Waals surface area contributed by atoms with Crippen LogP contribution < -0.4 is 0 Å². The van der Waals surface area contributed by atoms with Crippen molar-refractivity contribution in [2.75, 3.05) is 0 Å². The Balaban J connectivity index is 2.66. The highest BCUT2D eigenvalue weighted by molar-refractivity contribution is 7.46. The molecule has 0 aliphatic heterocycles. The van der Waals surface area contributed by atoms with Crippen LogP contribution in [0.25, 0.3) is 0 Å². The van der Waals surface area contributed by atoms with Gasteiger partial charge in [0.15, 0.2) is 0 Å². The number of halogens is 1. The van der Waals surface area contributed by atoms with Crippen molar-refractivity contribution >= 4 is 25.4 Å². The topological polar surface area (TPSA) is 93.1 Å². The first-order valence-electron chi connectivity index (χ1n) is 3.60. The number of hydrogen-bond donors (Lipinski definition) is 2. The van der Waals surface area contributed by atoms with Crippen LogP contribution in [0, 0.1) is 0 Å². The van der Waals surface area contributed by atoms with Crippen LogP contribution in [0.2, 0.25) is 5.02 Å². The molecule has 0 radical (unpaired) electrons. The summed E-state index contributed by atoms with van der Waals surface area (Å²) in [4.78, 5) is 31.5. The lowest BCUT2D eigenvalue weighted by Crippen LogP contribution is -2.04. The predicted molar refractivity (Wildman–Crippen MR) is 50.0 cm³/mol. The van der Waals surface area contributed by atoms with E-state index in [-0.39, 0.29) is 5.56 Å². The van der Waals surface area contributed by atoms with Crippen LogP contribution in [-0.4, -0.2) is 15.8 Å². The molecule has 0 atom stereocenters. The maximum absolute atomic E-state index is 11.1. The molecule has 0 fully saturated rings. The van der Waals surface area contributed by atoms with Crippen molar-refractivity contribution in [2.24, 2.45) is 0 Å². The number of rotatable bonds is 3. The van der Waals surface area contributed by atoms with Gasteiger partial charge in [-0.3, -0.25) is 4.89 Å². The summed E-state index contributed by atoms with van der Waals surface area (Å²) in [5.74, 6) is -1.04. The summed E-state index contributed by atoms with van der Waals surface area (Å²) < 4.78 is 13.8. The molecule has 1 rings (SSSR count). The Bertz CT molecular complexity index is 414. The smallest absolute Gasteiger partial charge is 0.301 e. The second-order valence-corrected chi connectivity index (χ2v) is 4.01. The summed E-state index contributed by atoms with van der Waals surface area (Å²) in [5, 5.41) is 0.292. The normalized spacial score (nSPS) is 11.1. The van der Waals surface area contributed by atoms with Crippen molar-refractivity contribution in [3.63, 3.8) is 0 Å². The summed E-state index contributed by atoms with van der Waals surface area (Å²) in [6, 6.07) is 5.64. The Hall–Kier alpha value is -0.910. The van der Waals surface area contributed by atoms with Crippen molar-refractivity contribution in [3.8, 4) is 0 Å². The van der Waals surface area contributed by atoms with Gasteiger partial charge in [0.1, 0.15) is 0 Å². The second kappa shape index (κ2) is 4.74. The van der Waals surface area contributed by atoms with Crippen LogP contribution in [0.3, 0.4) is 0 Å². The first-order chi connectivity index (χ1) is 6.88. The third-order valence-electron chi connectivity index (χ3n) is 1.27. The van der Waals surface area contributed by atoms with Crippen molar-refractivity contribution < 1.29 is 28.7 Å². The third kappa shape index (κ3) is 4.42. The highest BCUT2D eigenvalue weighted by Crippen LogP contribution is 2.36. The van der Waals surface area contributed by atoms with E-state index >= 15 is 0 Å². The number of benzene rings is 1. The first-order valence-corrected chi connectivity index (χ1v) is 5.51. The zero-order valence-corrected chi connectivity index (χ0v) is 8.81. The van der Waals surface area contributed by atoms with Crippen LogP contribution in [0.5, 0.6) is 0 Å². The summed E-state index contributed by atoms with van der Waals surface area (Å²) in [5.41, 5.74) is 0.0240. The van der Waals surface area contributed by atoms with Gasteiger partial charge in [0.25, 0.3) is 0 Å². The van der Waals surface area contributed by atoms with E-state index in [0.717, 1.165) is 0 Å². The Morgan fingerprint density at radius 3 is 2.60 bits per heavy atom. The maximum atomic E-state index is 11.1. The first kappa shape index (κ1) is 12.2. The van der Waals surface area contributed by atoms with Crippen LogP contribution in [-0.2, 0) is 14.1 Å². The molecule has 0 aliphatic carbocycles. The van der Waals surface area contributed by atoms with E-state index in [0.29, 0.717) is 5.02 Å². The van der Waals surface area contributed by atoms with Gasteiger partial charge in [-0.1, -0.05) is 22.3 Å². The van der Waals surface area contributed by atoms with Gasteiger partial charge >= 0.3 is 13.8 Å². The van der Waals surface area contributed by atoms with E-state index in [1.165, 1.54) is 24.3 Å². The van der Waals surface area contributed by atoms with E-state index < -0.39 is 13.8 Å². The van der Waals surface area contributed by atoms with Crippen LogP contribution in [0.4, 0.5) is 0 Å². The molecule has 15 heavy (non-hydrogen) atoms. The van der Waals surface area contributed by atoms with Gasteiger partial charge in [-0.05, 0) is 18.2 Å². The Morgan fingerprint density at radius 1 is 1.40 bits per heavy atom. The van der Waals surface area contributed by atoms with Crippen molar-refractivity contribution in [3.05, 3.63) is 34.9 Å². The zero-order chi connectivity index (χ0) is 11.5. The van der Waals surface area contributed by atoms with E-state index in [4.69, 9.17) is 21.4 Å². The molecule has 0 unspecified atom stereocenters. The molecule has 8 heteroatoms. The molecule has 0 spiro atoms. The van der Waals surface area contributed by atoms with Gasteiger partial charge in [0.05, 0.1) is 5.56 Å². The molecule has 6 nitrogen and oxygen atoms in total. The van der Waals surface area contributed by atoms with E-state index in [1.807, 2.05) is 0 Å². The van der Waals surface area contributed by atoms with Crippen LogP contribution >= 0.6 is 19.4 Å². The van der Waals surface area contributed by atoms with Crippen LogP contribution in [0.15, 0.2) is 24.3 Å². The van der Waals surface area contributed by atoms with Gasteiger partial charge in [-0.2, -0.15) is 0 Å². The fourth-order valence-electron chi connectivity index (χ4n) is 0.746. The molecule has 0 saturated carbocycles. The fourth-order valence-corrected chi connectivity index (χ4v) is 1.10. The standard InChI is InChI=1S/C7H6ClO6P/c8-6-3-1-2-5(4-6)7(9)13-14-15(10,11)12/h1-4H,(H2,10,11,12). The quantitative estimate of drug-likeness (QED) is 0.481. The molecule has 0 bridgehead atoms. The summed E-state index contributed by atoms with van der Waals surface area (Å²) in [7, 11) is -4.83. The van der Waals surface area contributed by atoms with E-state index in [1.54, 1.807) is 0 Å². The fraction of sp³-hybridized carbons (Fsp3) is 0. The van der Waals surface area contributed by atoms with Crippen molar-refractivity contribution in [1.29, 1.82) is 0 Å². The highest BCUT2D eigenvalue weighted by atomic mass is 35.5. The van der Waals surface area contributed by atoms with Crippen LogP contribution in [0.1, 0.15) is 10.4 Å². The highest BCUT2D eigenvalue weighted by Gasteiger charge is 2.19. The van der Waals surface area contributed by atoms with Gasteiger partial charge < -0.3 is 9.79 Å². The molecular weight excluding hydrogens is 246 g/mol. The molecule has 0 saturated heterocycles. The largest absolute Gasteiger partial charge is 0.505 e. The Labute approximate surface area is 89.6 Å². The lowest BCUT2D eigenvalue weighted by Gasteiger charge is -2.03. The molecule has 0 heterocycles. The van der Waals surface area contributed by atoms with Gasteiger partial charge in [-0.15, -0.1) is 0 Å². The minimum absolute atomic E-state index is 0.0240. The minimum Gasteiger partial charge on any atom is -0.301 e. The number of carbonyl (C=O) groups is 1. The lowest BCUT2D eigenvalue weighted by atomic mass is 10.2. The molecule has 0 aromatic heterocycles. The second-order valence-electron chi connectivity index (χ2n) is 2.45. The number of hydrogen-bond acceptors (Lipinski definition) is 4. The lowest BCUT2D eigenvalue weighted by molar-refractivity contribution is -0.166. The average Bonchev–Trinajstić information content (AvgIpc) is 2.13. The summed E-state index contributed by atoms with van der Waals surface area (Å²) in [6.45, 7) is 0. The third-order valence-corrected chi connectivity index (χ3v) is 1.77. The SMILES string of the molecule is O=C(OOP(=O)(O)O)c1cccc(Cl)c1. The van der Waals surface area contributed by atoms with E-state index in [9.17, 15) is 9.36 Å². The minimum atomic E-state index is -4.83. The van der Waals surface area contributed by atoms with Gasteiger partial charge in [0, 0.05) is 5.02 Å². The summed E-state index contributed by atoms with van der Waals surface area (Å²) >= 11 is 5.58.